The Morgan fingerprint density at radius 1 is 1.28 bits per heavy atom. The number of hydrogen-bond donors (Lipinski definition) is 2. The van der Waals surface area contributed by atoms with Crippen molar-refractivity contribution in [2.75, 3.05) is 17.6 Å². The maximum absolute atomic E-state index is 12.1. The van der Waals surface area contributed by atoms with Crippen LogP contribution in [0.15, 0.2) is 29.3 Å². The van der Waals surface area contributed by atoms with Crippen LogP contribution in [-0.2, 0) is 9.84 Å². The van der Waals surface area contributed by atoms with Gasteiger partial charge in [0, 0.05) is 5.69 Å². The number of ether oxygens (including phenoxy) is 1. The lowest BCUT2D eigenvalue weighted by molar-refractivity contribution is -0.274. The minimum Gasteiger partial charge on any atom is -0.406 e. The van der Waals surface area contributed by atoms with E-state index in [4.69, 9.17) is 5.73 Å². The van der Waals surface area contributed by atoms with Crippen LogP contribution in [0.3, 0.4) is 0 Å². The fraction of sp³-hybridized carbons (Fsp3) is 0.500. The molecule has 3 N–H and O–H groups in total. The van der Waals surface area contributed by atoms with E-state index in [1.54, 1.807) is 0 Å². The fourth-order valence-corrected chi connectivity index (χ4v) is 4.12. The molecule has 6 nitrogen and oxygen atoms in total. The highest BCUT2D eigenvalue weighted by molar-refractivity contribution is 14.0. The molecule has 1 aromatic carbocycles. The Bertz CT molecular complexity index is 694. The predicted molar refractivity (Wildman–Crippen MR) is 100 cm³/mol. The van der Waals surface area contributed by atoms with Gasteiger partial charge in [-0.1, -0.05) is 6.42 Å². The molecule has 0 spiro atoms. The summed E-state index contributed by atoms with van der Waals surface area (Å²) in [4.78, 5) is 4.01. The van der Waals surface area contributed by atoms with Gasteiger partial charge in [0.2, 0.25) is 0 Å². The molecule has 1 saturated heterocycles. The number of aliphatic imine (C=N–C) groups is 1. The van der Waals surface area contributed by atoms with Crippen LogP contribution in [0, 0.1) is 0 Å². The lowest BCUT2D eigenvalue weighted by Crippen LogP contribution is -2.32. The summed E-state index contributed by atoms with van der Waals surface area (Å²) in [5.41, 5.74) is 6.10. The number of guanidine groups is 1. The predicted octanol–water partition coefficient (Wildman–Crippen LogP) is 2.90. The van der Waals surface area contributed by atoms with Crippen molar-refractivity contribution in [1.82, 2.24) is 0 Å². The summed E-state index contributed by atoms with van der Waals surface area (Å²) in [6.07, 6.45) is -2.68. The maximum atomic E-state index is 12.1. The number of nitrogens with one attached hydrogen (secondary N) is 1. The zero-order valence-corrected chi connectivity index (χ0v) is 16.3. The molecule has 0 saturated carbocycles. The van der Waals surface area contributed by atoms with Gasteiger partial charge < -0.3 is 15.8 Å². The van der Waals surface area contributed by atoms with Crippen LogP contribution in [0.5, 0.6) is 5.75 Å². The Morgan fingerprint density at radius 2 is 1.92 bits per heavy atom. The second-order valence-electron chi connectivity index (χ2n) is 5.41. The molecule has 1 aliphatic rings. The summed E-state index contributed by atoms with van der Waals surface area (Å²) in [5, 5.41) is 2.16. The van der Waals surface area contributed by atoms with Gasteiger partial charge in [-0.15, -0.1) is 37.1 Å². The van der Waals surface area contributed by atoms with Crippen molar-refractivity contribution in [2.45, 2.75) is 30.9 Å². The summed E-state index contributed by atoms with van der Waals surface area (Å²) in [6.45, 7) is 0.0659. The number of sulfone groups is 1. The molecule has 0 aromatic heterocycles. The standard InChI is InChI=1S/C14H18F3N3O3S.HI/c15-14(16,17)23-11-6-4-10(5-7-11)20-13(18)19-9-12-3-1-2-8-24(12,21)22;/h4-7,12H,1-3,8-9H2,(H3,18,19,20);1H. The second-order valence-corrected chi connectivity index (χ2v) is 7.81. The van der Waals surface area contributed by atoms with Gasteiger partial charge >= 0.3 is 6.36 Å². The third-order valence-electron chi connectivity index (χ3n) is 3.54. The quantitative estimate of drug-likeness (QED) is 0.383. The third-order valence-corrected chi connectivity index (χ3v) is 5.80. The highest BCUT2D eigenvalue weighted by Crippen LogP contribution is 2.24. The van der Waals surface area contributed by atoms with E-state index < -0.39 is 21.4 Å². The van der Waals surface area contributed by atoms with Crippen molar-refractivity contribution in [1.29, 1.82) is 0 Å². The Kier molecular flexibility index (Phi) is 7.78. The monoisotopic (exact) mass is 493 g/mol. The molecular formula is C14H19F3IN3O3S. The van der Waals surface area contributed by atoms with Crippen molar-refractivity contribution < 1.29 is 26.3 Å². The topological polar surface area (TPSA) is 93.8 Å². The SMILES string of the molecule is I.NC(=NCC1CCCCS1(=O)=O)Nc1ccc(OC(F)(F)F)cc1. The molecule has 25 heavy (non-hydrogen) atoms. The zero-order valence-electron chi connectivity index (χ0n) is 13.1. The van der Waals surface area contributed by atoms with Crippen LogP contribution < -0.4 is 15.8 Å². The minimum absolute atomic E-state index is 0. The van der Waals surface area contributed by atoms with Crippen LogP contribution in [0.25, 0.3) is 0 Å². The van der Waals surface area contributed by atoms with Gasteiger partial charge in [-0.25, -0.2) is 8.42 Å². The van der Waals surface area contributed by atoms with Gasteiger partial charge in [-0.05, 0) is 37.1 Å². The number of alkyl halides is 3. The number of hydrogen-bond acceptors (Lipinski definition) is 4. The van der Waals surface area contributed by atoms with Gasteiger partial charge in [0.15, 0.2) is 15.8 Å². The molecule has 1 fully saturated rings. The molecule has 1 aliphatic heterocycles. The number of halogens is 4. The van der Waals surface area contributed by atoms with E-state index >= 15 is 0 Å². The van der Waals surface area contributed by atoms with E-state index in [1.165, 1.54) is 12.1 Å². The van der Waals surface area contributed by atoms with E-state index in [9.17, 15) is 21.6 Å². The Morgan fingerprint density at radius 3 is 2.48 bits per heavy atom. The first-order valence-corrected chi connectivity index (χ1v) is 9.01. The molecule has 2 rings (SSSR count). The summed E-state index contributed by atoms with van der Waals surface area (Å²) in [5.74, 6) is -0.182. The molecule has 0 amide bonds. The Labute approximate surface area is 161 Å². The van der Waals surface area contributed by atoms with E-state index in [2.05, 4.69) is 15.0 Å². The van der Waals surface area contributed by atoms with Gasteiger partial charge in [0.1, 0.15) is 5.75 Å². The average Bonchev–Trinajstić information content (AvgIpc) is 2.46. The maximum Gasteiger partial charge on any atom is 0.573 e. The van der Waals surface area contributed by atoms with Gasteiger partial charge in [-0.3, -0.25) is 4.99 Å². The smallest absolute Gasteiger partial charge is 0.406 e. The van der Waals surface area contributed by atoms with Crippen molar-refractivity contribution in [2.24, 2.45) is 10.7 Å². The van der Waals surface area contributed by atoms with Crippen LogP contribution in [0.1, 0.15) is 19.3 Å². The highest BCUT2D eigenvalue weighted by Gasteiger charge is 2.31. The Balaban J connectivity index is 0.00000312. The molecule has 1 atom stereocenters. The van der Waals surface area contributed by atoms with E-state index in [-0.39, 0.29) is 48.0 Å². The average molecular weight is 493 g/mol. The van der Waals surface area contributed by atoms with Crippen LogP contribution in [-0.4, -0.2) is 38.3 Å². The molecule has 1 aromatic rings. The largest absolute Gasteiger partial charge is 0.573 e. The number of anilines is 1. The first kappa shape index (κ1) is 21.8. The van der Waals surface area contributed by atoms with Crippen LogP contribution in [0.2, 0.25) is 0 Å². The third kappa shape index (κ3) is 7.26. The summed E-state index contributed by atoms with van der Waals surface area (Å²) in [6, 6.07) is 4.96. The van der Waals surface area contributed by atoms with E-state index in [0.717, 1.165) is 18.6 Å². The molecule has 0 bridgehead atoms. The lowest BCUT2D eigenvalue weighted by atomic mass is 10.2. The number of benzene rings is 1. The van der Waals surface area contributed by atoms with E-state index in [0.29, 0.717) is 18.5 Å². The fourth-order valence-electron chi connectivity index (χ4n) is 2.35. The van der Waals surface area contributed by atoms with Crippen molar-refractivity contribution in [3.63, 3.8) is 0 Å². The normalized spacial score (nSPS) is 20.4. The zero-order chi connectivity index (χ0) is 17.8. The molecule has 11 heteroatoms. The summed E-state index contributed by atoms with van der Waals surface area (Å²) >= 11 is 0. The van der Waals surface area contributed by atoms with Gasteiger partial charge in [-0.2, -0.15) is 0 Å². The lowest BCUT2D eigenvalue weighted by Gasteiger charge is -2.20. The van der Waals surface area contributed by atoms with Crippen molar-refractivity contribution >= 4 is 45.5 Å². The number of rotatable bonds is 4. The minimum atomic E-state index is -4.75. The molecule has 0 aliphatic carbocycles. The molecule has 1 unspecified atom stereocenters. The summed E-state index contributed by atoms with van der Waals surface area (Å²) < 4.78 is 63.7. The first-order valence-electron chi connectivity index (χ1n) is 7.30. The molecule has 0 radical (unpaired) electrons. The molecular weight excluding hydrogens is 474 g/mol. The Hall–Kier alpha value is -1.24. The number of nitrogens with zero attached hydrogens (tertiary/aromatic N) is 1. The number of nitrogens with two attached hydrogens (primary N) is 1. The molecule has 1 heterocycles. The first-order chi connectivity index (χ1) is 11.2. The van der Waals surface area contributed by atoms with Crippen LogP contribution >= 0.6 is 24.0 Å². The van der Waals surface area contributed by atoms with Gasteiger partial charge in [0.25, 0.3) is 0 Å². The highest BCUT2D eigenvalue weighted by atomic mass is 127. The van der Waals surface area contributed by atoms with E-state index in [1.807, 2.05) is 0 Å². The van der Waals surface area contributed by atoms with Crippen molar-refractivity contribution in [3.8, 4) is 5.75 Å². The van der Waals surface area contributed by atoms with Crippen LogP contribution in [0.4, 0.5) is 18.9 Å². The van der Waals surface area contributed by atoms with Crippen molar-refractivity contribution in [3.05, 3.63) is 24.3 Å². The second kappa shape index (κ2) is 8.92. The summed E-state index contributed by atoms with van der Waals surface area (Å²) in [7, 11) is -3.13. The molecule has 142 valence electrons. The van der Waals surface area contributed by atoms with Gasteiger partial charge in [0.05, 0.1) is 17.5 Å².